The van der Waals surface area contributed by atoms with E-state index in [9.17, 15) is 0 Å². The van der Waals surface area contributed by atoms with E-state index in [0.717, 1.165) is 22.2 Å². The molecule has 0 unspecified atom stereocenters. The molecule has 0 aliphatic carbocycles. The van der Waals surface area contributed by atoms with Gasteiger partial charge in [-0.1, -0.05) is 60.6 Å². The first-order chi connectivity index (χ1) is 13.6. The summed E-state index contributed by atoms with van der Waals surface area (Å²) in [5, 5.41) is 14.3. The van der Waals surface area contributed by atoms with Crippen LogP contribution in [-0.4, -0.2) is 24.9 Å². The van der Waals surface area contributed by atoms with E-state index in [2.05, 4.69) is 20.3 Å². The molecule has 0 N–H and O–H groups in total. The minimum atomic E-state index is 0.229. The number of benzene rings is 2. The van der Waals surface area contributed by atoms with Crippen LogP contribution in [0.5, 0.6) is 0 Å². The molecule has 0 saturated heterocycles. The lowest BCUT2D eigenvalue weighted by molar-refractivity contribution is 0.382. The maximum absolute atomic E-state index is 6.03. The average molecular weight is 412 g/mol. The minimum absolute atomic E-state index is 0.229. The standard InChI is InChI=1S/C20H18ClN5OS/c1-13(2)18-22-17(27-25-18)12-28-20-24-23-19(14-8-10-15(21)11-9-14)26(20)16-6-4-3-5-7-16/h3-11,13H,12H2,1-2H3. The van der Waals surface area contributed by atoms with Crippen LogP contribution in [0, 0.1) is 0 Å². The van der Waals surface area contributed by atoms with Crippen LogP contribution in [0.15, 0.2) is 64.3 Å². The molecule has 8 heteroatoms. The molecule has 0 atom stereocenters. The number of halogens is 1. The molecule has 0 saturated carbocycles. The number of nitrogens with zero attached hydrogens (tertiary/aromatic N) is 5. The molecule has 142 valence electrons. The molecule has 2 aromatic carbocycles. The van der Waals surface area contributed by atoms with Crippen molar-refractivity contribution in [3.8, 4) is 17.1 Å². The van der Waals surface area contributed by atoms with E-state index < -0.39 is 0 Å². The zero-order chi connectivity index (χ0) is 19.5. The molecule has 0 aliphatic rings. The van der Waals surface area contributed by atoms with Crippen LogP contribution < -0.4 is 0 Å². The molecule has 4 aromatic rings. The molecular weight excluding hydrogens is 394 g/mol. The van der Waals surface area contributed by atoms with Gasteiger partial charge < -0.3 is 4.52 Å². The third-order valence-electron chi connectivity index (χ3n) is 4.08. The maximum Gasteiger partial charge on any atom is 0.237 e. The summed E-state index contributed by atoms with van der Waals surface area (Å²) in [5.41, 5.74) is 1.92. The van der Waals surface area contributed by atoms with Gasteiger partial charge in [0.2, 0.25) is 5.89 Å². The van der Waals surface area contributed by atoms with Crippen LogP contribution in [0.25, 0.3) is 17.1 Å². The molecule has 0 bridgehead atoms. The Balaban J connectivity index is 1.67. The highest BCUT2D eigenvalue weighted by molar-refractivity contribution is 7.98. The average Bonchev–Trinajstić information content (AvgIpc) is 3.35. The lowest BCUT2D eigenvalue weighted by atomic mass is 10.2. The SMILES string of the molecule is CC(C)c1noc(CSc2nnc(-c3ccc(Cl)cc3)n2-c2ccccc2)n1. The topological polar surface area (TPSA) is 69.6 Å². The minimum Gasteiger partial charge on any atom is -0.338 e. The van der Waals surface area contributed by atoms with E-state index in [1.807, 2.05) is 73.0 Å². The summed E-state index contributed by atoms with van der Waals surface area (Å²) in [7, 11) is 0. The number of hydrogen-bond donors (Lipinski definition) is 0. The van der Waals surface area contributed by atoms with Crippen molar-refractivity contribution in [2.24, 2.45) is 0 Å². The first-order valence-corrected chi connectivity index (χ1v) is 10.2. The highest BCUT2D eigenvalue weighted by atomic mass is 35.5. The second-order valence-electron chi connectivity index (χ2n) is 6.47. The largest absolute Gasteiger partial charge is 0.338 e. The Kier molecular flexibility index (Phi) is 5.45. The molecule has 28 heavy (non-hydrogen) atoms. The van der Waals surface area contributed by atoms with E-state index >= 15 is 0 Å². The van der Waals surface area contributed by atoms with Gasteiger partial charge in [-0.25, -0.2) is 0 Å². The molecule has 0 radical (unpaired) electrons. The molecule has 2 heterocycles. The predicted octanol–water partition coefficient (Wildman–Crippen LogP) is 5.39. The third kappa shape index (κ3) is 3.95. The zero-order valence-corrected chi connectivity index (χ0v) is 17.0. The fourth-order valence-corrected chi connectivity index (χ4v) is 3.56. The normalized spacial score (nSPS) is 11.3. The molecular formula is C20H18ClN5OS. The van der Waals surface area contributed by atoms with Crippen molar-refractivity contribution in [3.63, 3.8) is 0 Å². The molecule has 6 nitrogen and oxygen atoms in total. The van der Waals surface area contributed by atoms with Gasteiger partial charge in [0, 0.05) is 22.2 Å². The first kappa shape index (κ1) is 18.7. The summed E-state index contributed by atoms with van der Waals surface area (Å²) in [5.74, 6) is 2.78. The van der Waals surface area contributed by atoms with Crippen molar-refractivity contribution in [2.75, 3.05) is 0 Å². The summed E-state index contributed by atoms with van der Waals surface area (Å²) in [4.78, 5) is 4.43. The molecule has 4 rings (SSSR count). The number of rotatable bonds is 6. The second-order valence-corrected chi connectivity index (χ2v) is 7.85. The summed E-state index contributed by atoms with van der Waals surface area (Å²) in [6.45, 7) is 4.07. The van der Waals surface area contributed by atoms with Gasteiger partial charge in [-0.05, 0) is 36.4 Å². The zero-order valence-electron chi connectivity index (χ0n) is 15.4. The van der Waals surface area contributed by atoms with Crippen LogP contribution in [0.2, 0.25) is 5.02 Å². The van der Waals surface area contributed by atoms with Crippen molar-refractivity contribution in [3.05, 3.63) is 71.3 Å². The van der Waals surface area contributed by atoms with Crippen molar-refractivity contribution in [2.45, 2.75) is 30.7 Å². The molecule has 2 aromatic heterocycles. The Bertz CT molecular complexity index is 1060. The Morgan fingerprint density at radius 3 is 2.46 bits per heavy atom. The first-order valence-electron chi connectivity index (χ1n) is 8.84. The molecule has 0 amide bonds. The fourth-order valence-electron chi connectivity index (χ4n) is 2.65. The van der Waals surface area contributed by atoms with E-state index in [1.165, 1.54) is 11.8 Å². The summed E-state index contributed by atoms with van der Waals surface area (Å²) < 4.78 is 7.37. The third-order valence-corrected chi connectivity index (χ3v) is 5.24. The van der Waals surface area contributed by atoms with Crippen molar-refractivity contribution in [1.82, 2.24) is 24.9 Å². The van der Waals surface area contributed by atoms with Crippen LogP contribution >= 0.6 is 23.4 Å². The van der Waals surface area contributed by atoms with Gasteiger partial charge in [0.25, 0.3) is 0 Å². The van der Waals surface area contributed by atoms with Gasteiger partial charge in [-0.15, -0.1) is 10.2 Å². The van der Waals surface area contributed by atoms with E-state index in [1.54, 1.807) is 0 Å². The Labute approximate surface area is 172 Å². The van der Waals surface area contributed by atoms with E-state index in [-0.39, 0.29) is 5.92 Å². The Morgan fingerprint density at radius 2 is 1.79 bits per heavy atom. The Morgan fingerprint density at radius 1 is 1.04 bits per heavy atom. The van der Waals surface area contributed by atoms with Crippen LogP contribution in [0.4, 0.5) is 0 Å². The van der Waals surface area contributed by atoms with E-state index in [0.29, 0.717) is 22.5 Å². The van der Waals surface area contributed by atoms with E-state index in [4.69, 9.17) is 16.1 Å². The maximum atomic E-state index is 6.03. The van der Waals surface area contributed by atoms with Gasteiger partial charge in [0.1, 0.15) is 0 Å². The molecule has 0 fully saturated rings. The number of thioether (sulfide) groups is 1. The van der Waals surface area contributed by atoms with Crippen molar-refractivity contribution < 1.29 is 4.52 Å². The number of hydrogen-bond acceptors (Lipinski definition) is 6. The van der Waals surface area contributed by atoms with Crippen molar-refractivity contribution in [1.29, 1.82) is 0 Å². The van der Waals surface area contributed by atoms with Gasteiger partial charge in [0.05, 0.1) is 5.75 Å². The quantitative estimate of drug-likeness (QED) is 0.396. The summed E-state index contributed by atoms with van der Waals surface area (Å²) in [6, 6.07) is 17.6. The van der Waals surface area contributed by atoms with Crippen molar-refractivity contribution >= 4 is 23.4 Å². The van der Waals surface area contributed by atoms with Crippen LogP contribution in [0.1, 0.15) is 31.5 Å². The van der Waals surface area contributed by atoms with Gasteiger partial charge in [0.15, 0.2) is 16.8 Å². The lowest BCUT2D eigenvalue weighted by Crippen LogP contribution is -1.99. The second kappa shape index (κ2) is 8.16. The Hall–Kier alpha value is -2.64. The predicted molar refractivity (Wildman–Crippen MR) is 110 cm³/mol. The highest BCUT2D eigenvalue weighted by Gasteiger charge is 2.18. The molecule has 0 spiro atoms. The van der Waals surface area contributed by atoms with Crippen LogP contribution in [-0.2, 0) is 5.75 Å². The lowest BCUT2D eigenvalue weighted by Gasteiger charge is -2.09. The van der Waals surface area contributed by atoms with Gasteiger partial charge in [-0.3, -0.25) is 4.57 Å². The number of aromatic nitrogens is 5. The van der Waals surface area contributed by atoms with Gasteiger partial charge in [-0.2, -0.15) is 4.98 Å². The summed E-state index contributed by atoms with van der Waals surface area (Å²) >= 11 is 7.54. The van der Waals surface area contributed by atoms with Gasteiger partial charge >= 0.3 is 0 Å². The van der Waals surface area contributed by atoms with Crippen LogP contribution in [0.3, 0.4) is 0 Å². The summed E-state index contributed by atoms with van der Waals surface area (Å²) in [6.07, 6.45) is 0. The monoisotopic (exact) mass is 411 g/mol. The smallest absolute Gasteiger partial charge is 0.237 e. The fraction of sp³-hybridized carbons (Fsp3) is 0.200. The highest BCUT2D eigenvalue weighted by Crippen LogP contribution is 2.30. The number of para-hydroxylation sites is 1. The molecule has 0 aliphatic heterocycles.